The SMILES string of the molecule is Br.[Cl][Zn][c]1cccs1. The number of thiophene rings is 1. The molecular formula is C4H4BrClSZn. The molecule has 1 aromatic rings. The van der Waals surface area contributed by atoms with Crippen molar-refractivity contribution in [2.45, 2.75) is 0 Å². The van der Waals surface area contributed by atoms with Crippen molar-refractivity contribution < 1.29 is 16.1 Å². The number of rotatable bonds is 1. The van der Waals surface area contributed by atoms with Crippen molar-refractivity contribution in [3.8, 4) is 0 Å². The van der Waals surface area contributed by atoms with Gasteiger partial charge in [-0.15, -0.1) is 17.0 Å². The molecule has 0 spiro atoms. The van der Waals surface area contributed by atoms with E-state index in [1.807, 2.05) is 6.07 Å². The fourth-order valence-corrected chi connectivity index (χ4v) is 3.86. The van der Waals surface area contributed by atoms with Gasteiger partial charge in [0.2, 0.25) is 0 Å². The zero-order chi connectivity index (χ0) is 5.11. The van der Waals surface area contributed by atoms with Crippen LogP contribution in [-0.2, 0) is 16.1 Å². The maximum atomic E-state index is 5.67. The van der Waals surface area contributed by atoms with Crippen LogP contribution in [0.2, 0.25) is 0 Å². The summed E-state index contributed by atoms with van der Waals surface area (Å²) in [5.41, 5.74) is 0. The summed E-state index contributed by atoms with van der Waals surface area (Å²) in [5, 5.41) is 2.07. The minimum atomic E-state index is -0.735. The maximum absolute atomic E-state index is 5.67. The van der Waals surface area contributed by atoms with Crippen LogP contribution < -0.4 is 3.47 Å². The summed E-state index contributed by atoms with van der Waals surface area (Å²) in [4.78, 5) is 0. The molecule has 0 unspecified atom stereocenters. The van der Waals surface area contributed by atoms with Crippen molar-refractivity contribution in [1.29, 1.82) is 0 Å². The summed E-state index contributed by atoms with van der Waals surface area (Å²) in [7, 11) is 5.67. The van der Waals surface area contributed by atoms with E-state index >= 15 is 0 Å². The Kier molecular flexibility index (Phi) is 5.60. The molecule has 0 aliphatic carbocycles. The van der Waals surface area contributed by atoms with E-state index in [-0.39, 0.29) is 17.0 Å². The molecule has 0 radical (unpaired) electrons. The summed E-state index contributed by atoms with van der Waals surface area (Å²) in [6, 6.07) is 4.16. The van der Waals surface area contributed by atoms with E-state index in [0.717, 1.165) is 0 Å². The molecule has 8 heavy (non-hydrogen) atoms. The number of halogens is 2. The first-order chi connectivity index (χ1) is 3.43. The first-order valence-electron chi connectivity index (χ1n) is 2.02. The Balaban J connectivity index is 0.000000490. The predicted octanol–water partition coefficient (Wildman–Crippen LogP) is 2.19. The summed E-state index contributed by atoms with van der Waals surface area (Å²) < 4.78 is 1.43. The number of hydrogen-bond acceptors (Lipinski definition) is 1. The fraction of sp³-hybridized carbons (Fsp3) is 0. The molecule has 0 aromatic carbocycles. The Morgan fingerprint density at radius 3 is 2.62 bits per heavy atom. The van der Waals surface area contributed by atoms with Crippen LogP contribution >= 0.6 is 38.0 Å². The second-order valence-corrected chi connectivity index (χ2v) is 6.87. The Morgan fingerprint density at radius 1 is 1.62 bits per heavy atom. The topological polar surface area (TPSA) is 0 Å². The van der Waals surface area contributed by atoms with Gasteiger partial charge in [0.05, 0.1) is 0 Å². The van der Waals surface area contributed by atoms with Gasteiger partial charge in [-0.1, -0.05) is 0 Å². The molecule has 1 rings (SSSR count). The van der Waals surface area contributed by atoms with Gasteiger partial charge in [0.1, 0.15) is 0 Å². The van der Waals surface area contributed by atoms with E-state index in [1.54, 1.807) is 11.3 Å². The van der Waals surface area contributed by atoms with Gasteiger partial charge in [-0.25, -0.2) is 0 Å². The number of hydrogen-bond donors (Lipinski definition) is 0. The predicted molar refractivity (Wildman–Crippen MR) is 40.1 cm³/mol. The third kappa shape index (κ3) is 2.59. The Hall–Kier alpha value is 1.09. The van der Waals surface area contributed by atoms with Gasteiger partial charge < -0.3 is 0 Å². The van der Waals surface area contributed by atoms with Gasteiger partial charge in [0.25, 0.3) is 0 Å². The fourth-order valence-electron chi connectivity index (χ4n) is 0.389. The van der Waals surface area contributed by atoms with Crippen molar-refractivity contribution in [2.75, 3.05) is 0 Å². The van der Waals surface area contributed by atoms with E-state index in [9.17, 15) is 0 Å². The van der Waals surface area contributed by atoms with Crippen LogP contribution in [0.25, 0.3) is 0 Å². The average Bonchev–Trinajstić information content (AvgIpc) is 2.14. The van der Waals surface area contributed by atoms with Gasteiger partial charge in [0.15, 0.2) is 0 Å². The average molecular weight is 265 g/mol. The van der Waals surface area contributed by atoms with Crippen LogP contribution in [0.5, 0.6) is 0 Å². The van der Waals surface area contributed by atoms with Gasteiger partial charge in [-0.2, -0.15) is 0 Å². The molecule has 0 saturated carbocycles. The van der Waals surface area contributed by atoms with Crippen LogP contribution in [0.1, 0.15) is 0 Å². The van der Waals surface area contributed by atoms with Crippen LogP contribution in [-0.4, -0.2) is 0 Å². The Bertz CT molecular complexity index is 131. The van der Waals surface area contributed by atoms with E-state index in [1.165, 1.54) is 3.47 Å². The first kappa shape index (κ1) is 9.09. The van der Waals surface area contributed by atoms with Crippen molar-refractivity contribution in [1.82, 2.24) is 0 Å². The zero-order valence-corrected chi connectivity index (χ0v) is 10.4. The van der Waals surface area contributed by atoms with E-state index < -0.39 is 16.1 Å². The van der Waals surface area contributed by atoms with Gasteiger partial charge in [0, 0.05) is 0 Å². The Labute approximate surface area is 74.7 Å². The molecule has 0 bridgehead atoms. The van der Waals surface area contributed by atoms with E-state index in [4.69, 9.17) is 9.69 Å². The summed E-state index contributed by atoms with van der Waals surface area (Å²) in [6.07, 6.45) is 0. The molecule has 0 aliphatic heterocycles. The summed E-state index contributed by atoms with van der Waals surface area (Å²) >= 11 is 1.04. The van der Waals surface area contributed by atoms with Crippen LogP contribution in [0.4, 0.5) is 0 Å². The molecule has 0 nitrogen and oxygen atoms in total. The molecule has 0 saturated heterocycles. The zero-order valence-electron chi connectivity index (χ0n) is 4.13. The molecule has 4 heteroatoms. The van der Waals surface area contributed by atoms with Crippen molar-refractivity contribution in [3.05, 3.63) is 17.5 Å². The molecule has 0 atom stereocenters. The third-order valence-electron chi connectivity index (χ3n) is 0.712. The van der Waals surface area contributed by atoms with Crippen LogP contribution in [0.3, 0.4) is 0 Å². The normalized spacial score (nSPS) is 7.12. The quantitative estimate of drug-likeness (QED) is 0.683. The molecule has 0 N–H and O–H groups in total. The van der Waals surface area contributed by atoms with Crippen molar-refractivity contribution in [3.63, 3.8) is 0 Å². The van der Waals surface area contributed by atoms with E-state index in [0.29, 0.717) is 0 Å². The second-order valence-electron chi connectivity index (χ2n) is 1.21. The van der Waals surface area contributed by atoms with Crippen LogP contribution in [0.15, 0.2) is 17.5 Å². The summed E-state index contributed by atoms with van der Waals surface area (Å²) in [5.74, 6) is 0. The van der Waals surface area contributed by atoms with Gasteiger partial charge in [-0.05, 0) is 0 Å². The Morgan fingerprint density at radius 2 is 2.38 bits per heavy atom. The standard InChI is InChI=1S/C4H3S.BrH.ClH.Zn/c1-2-4-5-3-1;;;/h1-3H;2*1H;/q;;;+1/p-1. The molecular weight excluding hydrogens is 261 g/mol. The summed E-state index contributed by atoms with van der Waals surface area (Å²) in [6.45, 7) is 0. The third-order valence-corrected chi connectivity index (χ3v) is 6.61. The second kappa shape index (κ2) is 4.92. The van der Waals surface area contributed by atoms with Gasteiger partial charge in [-0.3, -0.25) is 0 Å². The van der Waals surface area contributed by atoms with E-state index in [2.05, 4.69) is 11.4 Å². The van der Waals surface area contributed by atoms with Gasteiger partial charge >= 0.3 is 58.1 Å². The monoisotopic (exact) mass is 262 g/mol. The first-order valence-corrected chi connectivity index (χ1v) is 8.28. The van der Waals surface area contributed by atoms with Crippen LogP contribution in [0, 0.1) is 0 Å². The molecule has 0 fully saturated rings. The molecule has 0 aliphatic rings. The minimum absolute atomic E-state index is 0. The molecule has 1 aromatic heterocycles. The van der Waals surface area contributed by atoms with Crippen molar-refractivity contribution in [2.24, 2.45) is 0 Å². The molecule has 42 valence electrons. The molecule has 1 heterocycles. The van der Waals surface area contributed by atoms with Crippen molar-refractivity contribution >= 4 is 41.5 Å². The molecule has 0 amide bonds.